The van der Waals surface area contributed by atoms with Gasteiger partial charge in [0, 0.05) is 25.0 Å². The largest absolute Gasteiger partial charge is 0.497 e. The normalized spacial score (nSPS) is 19.8. The summed E-state index contributed by atoms with van der Waals surface area (Å²) in [6.45, 7) is 5.91. The summed E-state index contributed by atoms with van der Waals surface area (Å²) in [5.41, 5.74) is 2.08. The molecule has 2 aliphatic rings. The lowest BCUT2D eigenvalue weighted by Gasteiger charge is -2.32. The van der Waals surface area contributed by atoms with E-state index in [1.54, 1.807) is 16.7 Å². The van der Waals surface area contributed by atoms with Gasteiger partial charge in [0.2, 0.25) is 5.91 Å². The van der Waals surface area contributed by atoms with Crippen LogP contribution in [0.5, 0.6) is 5.75 Å². The van der Waals surface area contributed by atoms with Gasteiger partial charge in [-0.15, -0.1) is 5.10 Å². The highest BCUT2D eigenvalue weighted by Crippen LogP contribution is 2.29. The molecular formula is C23H31N5O4. The topological polar surface area (TPSA) is 98.6 Å². The van der Waals surface area contributed by atoms with Gasteiger partial charge in [-0.2, -0.15) is 0 Å². The highest BCUT2D eigenvalue weighted by Gasteiger charge is 2.33. The zero-order chi connectivity index (χ0) is 22.7. The predicted molar refractivity (Wildman–Crippen MR) is 117 cm³/mol. The highest BCUT2D eigenvalue weighted by atomic mass is 16.5. The summed E-state index contributed by atoms with van der Waals surface area (Å²) in [5, 5.41) is 11.4. The van der Waals surface area contributed by atoms with Crippen molar-refractivity contribution in [3.8, 4) is 5.75 Å². The maximum Gasteiger partial charge on any atom is 0.276 e. The lowest BCUT2D eigenvalue weighted by Crippen LogP contribution is -2.45. The van der Waals surface area contributed by atoms with Gasteiger partial charge < -0.3 is 19.7 Å². The molecule has 1 aromatic carbocycles. The quantitative estimate of drug-likeness (QED) is 0.739. The van der Waals surface area contributed by atoms with Gasteiger partial charge in [-0.1, -0.05) is 24.3 Å². The number of amides is 2. The average molecular weight is 442 g/mol. The van der Waals surface area contributed by atoms with Gasteiger partial charge >= 0.3 is 0 Å². The van der Waals surface area contributed by atoms with E-state index in [1.165, 1.54) is 0 Å². The minimum Gasteiger partial charge on any atom is -0.497 e. The first-order valence-corrected chi connectivity index (χ1v) is 11.3. The number of carbonyl (C=O) groups excluding carboxylic acids is 2. The Morgan fingerprint density at radius 1 is 1.25 bits per heavy atom. The Hall–Kier alpha value is -2.94. The van der Waals surface area contributed by atoms with Crippen LogP contribution in [-0.2, 0) is 22.7 Å². The first-order valence-electron chi connectivity index (χ1n) is 11.3. The van der Waals surface area contributed by atoms with Gasteiger partial charge in [-0.3, -0.25) is 9.59 Å². The van der Waals surface area contributed by atoms with Gasteiger partial charge in [0.15, 0.2) is 5.69 Å². The van der Waals surface area contributed by atoms with E-state index in [2.05, 4.69) is 22.6 Å². The zero-order valence-electron chi connectivity index (χ0n) is 18.9. The molecule has 0 bridgehead atoms. The molecule has 172 valence electrons. The number of hydrogen-bond acceptors (Lipinski definition) is 6. The summed E-state index contributed by atoms with van der Waals surface area (Å²) in [4.78, 5) is 27.3. The predicted octanol–water partition coefficient (Wildman–Crippen LogP) is 2.33. The van der Waals surface area contributed by atoms with Crippen LogP contribution in [0.15, 0.2) is 24.3 Å². The minimum absolute atomic E-state index is 0.0457. The van der Waals surface area contributed by atoms with Gasteiger partial charge in [0.25, 0.3) is 5.91 Å². The first-order chi connectivity index (χ1) is 15.5. The number of aromatic nitrogens is 3. The Morgan fingerprint density at radius 2 is 1.97 bits per heavy atom. The van der Waals surface area contributed by atoms with Crippen LogP contribution in [0, 0.1) is 5.92 Å². The average Bonchev–Trinajstić information content (AvgIpc) is 3.27. The molecule has 1 fully saturated rings. The molecule has 9 heteroatoms. The number of rotatable bonds is 6. The molecule has 3 heterocycles. The smallest absolute Gasteiger partial charge is 0.276 e. The molecule has 2 aliphatic heterocycles. The van der Waals surface area contributed by atoms with Gasteiger partial charge in [0.05, 0.1) is 26.0 Å². The highest BCUT2D eigenvalue weighted by molar-refractivity contribution is 5.93. The zero-order valence-corrected chi connectivity index (χ0v) is 18.9. The van der Waals surface area contributed by atoms with Crippen molar-refractivity contribution < 1.29 is 19.1 Å². The molecule has 0 aliphatic carbocycles. The minimum atomic E-state index is -0.155. The number of hydrogen-bond donors (Lipinski definition) is 1. The van der Waals surface area contributed by atoms with Crippen molar-refractivity contribution in [2.75, 3.05) is 20.2 Å². The summed E-state index contributed by atoms with van der Waals surface area (Å²) in [6.07, 6.45) is 2.07. The molecule has 4 rings (SSSR count). The van der Waals surface area contributed by atoms with E-state index >= 15 is 0 Å². The Labute approximate surface area is 188 Å². The van der Waals surface area contributed by atoms with Crippen LogP contribution in [-0.4, -0.2) is 57.9 Å². The van der Waals surface area contributed by atoms with Crippen LogP contribution < -0.4 is 10.1 Å². The maximum absolute atomic E-state index is 13.1. The molecule has 9 nitrogen and oxygen atoms in total. The molecule has 2 amide bonds. The van der Waals surface area contributed by atoms with Crippen LogP contribution in [0.4, 0.5) is 0 Å². The molecule has 2 aromatic rings. The fourth-order valence-electron chi connectivity index (χ4n) is 4.16. The molecule has 0 unspecified atom stereocenters. The van der Waals surface area contributed by atoms with Gasteiger partial charge in [-0.25, -0.2) is 4.68 Å². The second-order valence-electron chi connectivity index (χ2n) is 8.52. The number of nitrogens with zero attached hydrogens (tertiary/aromatic N) is 4. The second kappa shape index (κ2) is 9.68. The lowest BCUT2D eigenvalue weighted by molar-refractivity contribution is -0.126. The number of fused-ring (bicyclic) bond motifs is 1. The molecule has 1 saturated heterocycles. The second-order valence-corrected chi connectivity index (χ2v) is 8.52. The maximum atomic E-state index is 13.1. The van der Waals surface area contributed by atoms with Crippen molar-refractivity contribution in [1.29, 1.82) is 0 Å². The van der Waals surface area contributed by atoms with Crippen LogP contribution in [0.2, 0.25) is 0 Å². The summed E-state index contributed by atoms with van der Waals surface area (Å²) >= 11 is 0. The van der Waals surface area contributed by atoms with E-state index < -0.39 is 0 Å². The molecule has 0 saturated carbocycles. The molecule has 0 spiro atoms. The molecule has 2 atom stereocenters. The van der Waals surface area contributed by atoms with Crippen LogP contribution in [0.1, 0.15) is 61.0 Å². The third kappa shape index (κ3) is 4.62. The molecule has 1 N–H and O–H groups in total. The van der Waals surface area contributed by atoms with Gasteiger partial charge in [-0.05, 0) is 43.9 Å². The third-order valence-corrected chi connectivity index (χ3v) is 6.44. The van der Waals surface area contributed by atoms with E-state index in [4.69, 9.17) is 9.47 Å². The van der Waals surface area contributed by atoms with Crippen molar-refractivity contribution in [2.24, 2.45) is 5.92 Å². The SMILES string of the molecule is CC[C@H](C)NC(=O)C1CCN(C(=O)c2nnn3c2CO[C@@H](c2ccc(OC)cc2)C3)CC1. The Kier molecular flexibility index (Phi) is 6.74. The first kappa shape index (κ1) is 22.3. The summed E-state index contributed by atoms with van der Waals surface area (Å²) in [7, 11) is 1.64. The van der Waals surface area contributed by atoms with Crippen molar-refractivity contribution in [3.63, 3.8) is 0 Å². The Morgan fingerprint density at radius 3 is 2.62 bits per heavy atom. The third-order valence-electron chi connectivity index (χ3n) is 6.44. The Bertz CT molecular complexity index is 950. The lowest BCUT2D eigenvalue weighted by atomic mass is 9.95. The van der Waals surface area contributed by atoms with E-state index in [9.17, 15) is 9.59 Å². The fraction of sp³-hybridized carbons (Fsp3) is 0.565. The number of piperidine rings is 1. The number of benzene rings is 1. The number of methoxy groups -OCH3 is 1. The number of ether oxygens (including phenoxy) is 2. The number of likely N-dealkylation sites (tertiary alicyclic amines) is 1. The van der Waals surface area contributed by atoms with Crippen LogP contribution >= 0.6 is 0 Å². The van der Waals surface area contributed by atoms with Crippen molar-refractivity contribution >= 4 is 11.8 Å². The van der Waals surface area contributed by atoms with Crippen LogP contribution in [0.25, 0.3) is 0 Å². The van der Waals surface area contributed by atoms with Crippen molar-refractivity contribution in [2.45, 2.75) is 58.4 Å². The summed E-state index contributed by atoms with van der Waals surface area (Å²) in [6, 6.07) is 7.92. The van der Waals surface area contributed by atoms with Gasteiger partial charge in [0.1, 0.15) is 11.9 Å². The molecule has 0 radical (unpaired) electrons. The standard InChI is InChI=1S/C23H31N5O4/c1-4-15(2)24-22(29)17-9-11-27(12-10-17)23(30)21-19-14-32-20(13-28(19)26-25-21)16-5-7-18(31-3)8-6-16/h5-8,15,17,20H,4,9-14H2,1-3H3,(H,24,29)/t15-,20+/m0/s1. The van der Waals surface area contributed by atoms with E-state index in [0.29, 0.717) is 43.9 Å². The van der Waals surface area contributed by atoms with Crippen molar-refractivity contribution in [1.82, 2.24) is 25.2 Å². The molecule has 32 heavy (non-hydrogen) atoms. The van der Waals surface area contributed by atoms with E-state index in [1.807, 2.05) is 31.2 Å². The molecular weight excluding hydrogens is 410 g/mol. The van der Waals surface area contributed by atoms with E-state index in [0.717, 1.165) is 17.7 Å². The Balaban J connectivity index is 1.36. The summed E-state index contributed by atoms with van der Waals surface area (Å²) < 4.78 is 13.0. The van der Waals surface area contributed by atoms with E-state index in [-0.39, 0.29) is 36.5 Å². The number of carbonyl (C=O) groups is 2. The van der Waals surface area contributed by atoms with Crippen LogP contribution in [0.3, 0.4) is 0 Å². The number of nitrogens with one attached hydrogen (secondary N) is 1. The fourth-order valence-corrected chi connectivity index (χ4v) is 4.16. The summed E-state index contributed by atoms with van der Waals surface area (Å²) in [5.74, 6) is 0.694. The molecule has 1 aromatic heterocycles. The monoisotopic (exact) mass is 441 g/mol. The van der Waals surface area contributed by atoms with Crippen molar-refractivity contribution in [3.05, 3.63) is 41.2 Å².